The summed E-state index contributed by atoms with van der Waals surface area (Å²) in [6.07, 6.45) is 0.756. The first kappa shape index (κ1) is 16.6. The van der Waals surface area contributed by atoms with Crippen LogP contribution < -0.4 is 10.5 Å². The summed E-state index contributed by atoms with van der Waals surface area (Å²) in [4.78, 5) is -0.470. The Labute approximate surface area is 128 Å². The molecule has 118 valence electrons. The molecular weight excluding hydrogens is 319 g/mol. The van der Waals surface area contributed by atoms with E-state index in [1.54, 1.807) is 0 Å². The van der Waals surface area contributed by atoms with Crippen molar-refractivity contribution < 1.29 is 17.5 Å². The van der Waals surface area contributed by atoms with E-state index in [0.717, 1.165) is 12.5 Å². The molecule has 0 aliphatic carbocycles. The summed E-state index contributed by atoms with van der Waals surface area (Å²) < 4.78 is 46.4. The normalized spacial score (nSPS) is 22.7. The maximum atomic E-state index is 14.1. The van der Waals surface area contributed by atoms with Gasteiger partial charge < -0.3 is 10.5 Å². The van der Waals surface area contributed by atoms with E-state index in [1.807, 2.05) is 6.92 Å². The molecule has 1 aromatic carbocycles. The van der Waals surface area contributed by atoms with Crippen molar-refractivity contribution in [1.82, 2.24) is 4.72 Å². The van der Waals surface area contributed by atoms with Crippen LogP contribution in [0, 0.1) is 11.7 Å². The summed E-state index contributed by atoms with van der Waals surface area (Å²) in [5, 5.41) is 0.134. The summed E-state index contributed by atoms with van der Waals surface area (Å²) in [7, 11) is -3.98. The first-order valence-corrected chi connectivity index (χ1v) is 8.50. The zero-order chi connectivity index (χ0) is 15.6. The van der Waals surface area contributed by atoms with Gasteiger partial charge in [-0.1, -0.05) is 11.6 Å². The Kier molecular flexibility index (Phi) is 5.21. The second kappa shape index (κ2) is 6.58. The highest BCUT2D eigenvalue weighted by Gasteiger charge is 2.28. The fourth-order valence-corrected chi connectivity index (χ4v) is 3.84. The zero-order valence-electron chi connectivity index (χ0n) is 11.6. The third-order valence-electron chi connectivity index (χ3n) is 3.66. The SMILES string of the molecule is CC1OCCC1CNS(=O)(=O)c1cc(Cl)cc(CN)c1F. The van der Waals surface area contributed by atoms with Gasteiger partial charge in [0, 0.05) is 36.2 Å². The molecule has 1 fully saturated rings. The molecule has 0 aromatic heterocycles. The molecule has 2 unspecified atom stereocenters. The Morgan fingerprint density at radius 1 is 1.52 bits per heavy atom. The van der Waals surface area contributed by atoms with Crippen LogP contribution in [-0.4, -0.2) is 27.7 Å². The van der Waals surface area contributed by atoms with Gasteiger partial charge in [0.2, 0.25) is 10.0 Å². The quantitative estimate of drug-likeness (QED) is 0.856. The molecule has 8 heteroatoms. The first-order valence-electron chi connectivity index (χ1n) is 6.64. The number of rotatable bonds is 5. The van der Waals surface area contributed by atoms with Gasteiger partial charge in [0.25, 0.3) is 0 Å². The number of nitrogens with one attached hydrogen (secondary N) is 1. The highest BCUT2D eigenvalue weighted by Crippen LogP contribution is 2.25. The van der Waals surface area contributed by atoms with Crippen LogP contribution in [0.1, 0.15) is 18.9 Å². The zero-order valence-corrected chi connectivity index (χ0v) is 13.2. The summed E-state index contributed by atoms with van der Waals surface area (Å²) >= 11 is 5.82. The van der Waals surface area contributed by atoms with Gasteiger partial charge in [0.05, 0.1) is 6.10 Å². The lowest BCUT2D eigenvalue weighted by molar-refractivity contribution is 0.107. The molecule has 3 N–H and O–H groups in total. The van der Waals surface area contributed by atoms with E-state index >= 15 is 0 Å². The molecule has 1 heterocycles. The third-order valence-corrected chi connectivity index (χ3v) is 5.30. The second-order valence-corrected chi connectivity index (χ2v) is 7.23. The minimum absolute atomic E-state index is 0.0171. The minimum atomic E-state index is -3.98. The topological polar surface area (TPSA) is 81.4 Å². The van der Waals surface area contributed by atoms with E-state index < -0.39 is 20.7 Å². The number of benzene rings is 1. The van der Waals surface area contributed by atoms with Gasteiger partial charge in [-0.25, -0.2) is 17.5 Å². The molecule has 1 saturated heterocycles. The molecule has 1 aliphatic rings. The van der Waals surface area contributed by atoms with E-state index in [-0.39, 0.29) is 35.7 Å². The van der Waals surface area contributed by atoms with Crippen molar-refractivity contribution in [1.29, 1.82) is 0 Å². The van der Waals surface area contributed by atoms with Gasteiger partial charge in [0.1, 0.15) is 10.7 Å². The number of hydrogen-bond donors (Lipinski definition) is 2. The van der Waals surface area contributed by atoms with Crippen molar-refractivity contribution in [3.05, 3.63) is 28.5 Å². The summed E-state index contributed by atoms with van der Waals surface area (Å²) in [5.74, 6) is -0.777. The van der Waals surface area contributed by atoms with Crippen molar-refractivity contribution in [2.24, 2.45) is 11.7 Å². The fourth-order valence-electron chi connectivity index (χ4n) is 2.30. The van der Waals surface area contributed by atoms with E-state index in [2.05, 4.69) is 4.72 Å². The van der Waals surface area contributed by atoms with Crippen molar-refractivity contribution in [2.45, 2.75) is 30.9 Å². The Morgan fingerprint density at radius 3 is 2.81 bits per heavy atom. The number of halogens is 2. The van der Waals surface area contributed by atoms with Gasteiger partial charge in [-0.3, -0.25) is 0 Å². The molecule has 1 aliphatic heterocycles. The van der Waals surface area contributed by atoms with Crippen LogP contribution in [0.5, 0.6) is 0 Å². The fraction of sp³-hybridized carbons (Fsp3) is 0.538. The monoisotopic (exact) mass is 336 g/mol. The number of hydrogen-bond acceptors (Lipinski definition) is 4. The average Bonchev–Trinajstić information content (AvgIpc) is 2.84. The Hall–Kier alpha value is -0.730. The van der Waals surface area contributed by atoms with Crippen LogP contribution in [0.2, 0.25) is 5.02 Å². The molecular formula is C13H18ClFN2O3S. The van der Waals surface area contributed by atoms with Crippen molar-refractivity contribution in [3.8, 4) is 0 Å². The third kappa shape index (κ3) is 3.73. The molecule has 2 atom stereocenters. The molecule has 1 aromatic rings. The molecule has 0 spiro atoms. The van der Waals surface area contributed by atoms with Crippen LogP contribution in [0.25, 0.3) is 0 Å². The van der Waals surface area contributed by atoms with Gasteiger partial charge in [-0.15, -0.1) is 0 Å². The average molecular weight is 337 g/mol. The summed E-state index contributed by atoms with van der Waals surface area (Å²) in [6, 6.07) is 2.41. The van der Waals surface area contributed by atoms with Crippen LogP contribution in [0.4, 0.5) is 4.39 Å². The molecule has 0 bridgehead atoms. The molecule has 21 heavy (non-hydrogen) atoms. The van der Waals surface area contributed by atoms with Gasteiger partial charge in [0.15, 0.2) is 0 Å². The smallest absolute Gasteiger partial charge is 0.243 e. The van der Waals surface area contributed by atoms with E-state index in [9.17, 15) is 12.8 Å². The highest BCUT2D eigenvalue weighted by molar-refractivity contribution is 7.89. The van der Waals surface area contributed by atoms with E-state index in [4.69, 9.17) is 22.1 Å². The maximum absolute atomic E-state index is 14.1. The Bertz CT molecular complexity index is 624. The predicted octanol–water partition coefficient (Wildman–Crippen LogP) is 1.64. The van der Waals surface area contributed by atoms with Crippen LogP contribution in [-0.2, 0) is 21.3 Å². The lowest BCUT2D eigenvalue weighted by Gasteiger charge is -2.16. The highest BCUT2D eigenvalue weighted by atomic mass is 35.5. The lowest BCUT2D eigenvalue weighted by atomic mass is 10.0. The molecule has 0 saturated carbocycles. The number of nitrogens with two attached hydrogens (primary N) is 1. The van der Waals surface area contributed by atoms with Gasteiger partial charge in [-0.05, 0) is 25.5 Å². The number of sulfonamides is 1. The van der Waals surface area contributed by atoms with Gasteiger partial charge in [-0.2, -0.15) is 0 Å². The Balaban J connectivity index is 2.21. The van der Waals surface area contributed by atoms with Crippen molar-refractivity contribution >= 4 is 21.6 Å². The molecule has 0 radical (unpaired) electrons. The minimum Gasteiger partial charge on any atom is -0.378 e. The standard InChI is InChI=1S/C13H18ClFN2O3S/c1-8-9(2-3-20-8)7-17-21(18,19)12-5-11(14)4-10(6-16)13(12)15/h4-5,8-9,17H,2-3,6-7,16H2,1H3. The molecule has 5 nitrogen and oxygen atoms in total. The molecule has 0 amide bonds. The Morgan fingerprint density at radius 2 is 2.24 bits per heavy atom. The van der Waals surface area contributed by atoms with Crippen molar-refractivity contribution in [3.63, 3.8) is 0 Å². The summed E-state index contributed by atoms with van der Waals surface area (Å²) in [5.41, 5.74) is 5.46. The first-order chi connectivity index (χ1) is 9.85. The lowest BCUT2D eigenvalue weighted by Crippen LogP contribution is -2.32. The predicted molar refractivity (Wildman–Crippen MR) is 78.0 cm³/mol. The van der Waals surface area contributed by atoms with Crippen LogP contribution in [0.3, 0.4) is 0 Å². The number of ether oxygens (including phenoxy) is 1. The van der Waals surface area contributed by atoms with E-state index in [1.165, 1.54) is 6.07 Å². The van der Waals surface area contributed by atoms with E-state index in [0.29, 0.717) is 6.61 Å². The molecule has 2 rings (SSSR count). The summed E-state index contributed by atoms with van der Waals surface area (Å²) in [6.45, 7) is 2.57. The maximum Gasteiger partial charge on any atom is 0.243 e. The van der Waals surface area contributed by atoms with Gasteiger partial charge >= 0.3 is 0 Å². The van der Waals surface area contributed by atoms with Crippen LogP contribution >= 0.6 is 11.6 Å². The van der Waals surface area contributed by atoms with Crippen molar-refractivity contribution in [2.75, 3.05) is 13.2 Å². The van der Waals surface area contributed by atoms with Crippen LogP contribution in [0.15, 0.2) is 17.0 Å². The second-order valence-electron chi connectivity index (χ2n) is 5.06. The largest absolute Gasteiger partial charge is 0.378 e.